The highest BCUT2D eigenvalue weighted by molar-refractivity contribution is 5.18. The second-order valence-electron chi connectivity index (χ2n) is 2.86. The molecule has 0 radical (unpaired) electrons. The van der Waals surface area contributed by atoms with Crippen molar-refractivity contribution in [2.45, 2.75) is 6.54 Å². The standard InChI is InChI=1S/C9H9N3O2/c13-8-5-9(14)11-7(10-8)6-12-3-1-2-4-12/h1-5H,6H2,(H2,10,11,13,14). The van der Waals surface area contributed by atoms with Crippen molar-refractivity contribution in [1.82, 2.24) is 14.5 Å². The first-order chi connectivity index (χ1) is 6.74. The quantitative estimate of drug-likeness (QED) is 0.734. The van der Waals surface area contributed by atoms with Gasteiger partial charge in [0, 0.05) is 12.4 Å². The summed E-state index contributed by atoms with van der Waals surface area (Å²) in [7, 11) is 0. The molecule has 5 nitrogen and oxygen atoms in total. The Bertz CT molecular complexity index is 405. The van der Waals surface area contributed by atoms with Crippen molar-refractivity contribution in [1.29, 1.82) is 0 Å². The molecule has 2 N–H and O–H groups in total. The van der Waals surface area contributed by atoms with Crippen LogP contribution in [-0.4, -0.2) is 24.7 Å². The molecule has 0 aromatic carbocycles. The molecular weight excluding hydrogens is 182 g/mol. The molecule has 0 atom stereocenters. The summed E-state index contributed by atoms with van der Waals surface area (Å²) in [5.41, 5.74) is 0. The highest BCUT2D eigenvalue weighted by atomic mass is 16.3. The monoisotopic (exact) mass is 191 g/mol. The average molecular weight is 191 g/mol. The molecule has 72 valence electrons. The van der Waals surface area contributed by atoms with E-state index in [1.165, 1.54) is 0 Å². The van der Waals surface area contributed by atoms with Crippen LogP contribution in [0.2, 0.25) is 0 Å². The second-order valence-corrected chi connectivity index (χ2v) is 2.86. The number of hydrogen-bond donors (Lipinski definition) is 2. The van der Waals surface area contributed by atoms with E-state index in [0.717, 1.165) is 6.07 Å². The predicted octanol–water partition coefficient (Wildman–Crippen LogP) is 0.738. The van der Waals surface area contributed by atoms with Gasteiger partial charge in [0.1, 0.15) is 0 Å². The first-order valence-electron chi connectivity index (χ1n) is 4.11. The number of nitrogens with zero attached hydrogens (tertiary/aromatic N) is 3. The van der Waals surface area contributed by atoms with Crippen LogP contribution in [0, 0.1) is 0 Å². The van der Waals surface area contributed by atoms with Gasteiger partial charge in [-0.15, -0.1) is 0 Å². The van der Waals surface area contributed by atoms with Crippen molar-refractivity contribution in [3.63, 3.8) is 0 Å². The molecule has 0 amide bonds. The third-order valence-corrected chi connectivity index (χ3v) is 1.74. The van der Waals surface area contributed by atoms with Crippen LogP contribution in [0.3, 0.4) is 0 Å². The van der Waals surface area contributed by atoms with Gasteiger partial charge in [0.2, 0.25) is 11.8 Å². The van der Waals surface area contributed by atoms with E-state index in [0.29, 0.717) is 12.4 Å². The molecule has 2 aromatic heterocycles. The Morgan fingerprint density at radius 3 is 2.21 bits per heavy atom. The van der Waals surface area contributed by atoms with E-state index in [-0.39, 0.29) is 11.8 Å². The van der Waals surface area contributed by atoms with Crippen molar-refractivity contribution in [3.8, 4) is 11.8 Å². The van der Waals surface area contributed by atoms with Gasteiger partial charge in [-0.2, -0.15) is 9.97 Å². The molecule has 2 rings (SSSR count). The average Bonchev–Trinajstić information content (AvgIpc) is 2.54. The fourth-order valence-corrected chi connectivity index (χ4v) is 1.18. The molecule has 0 bridgehead atoms. The van der Waals surface area contributed by atoms with E-state index in [4.69, 9.17) is 10.2 Å². The Labute approximate surface area is 80.3 Å². The van der Waals surface area contributed by atoms with Gasteiger partial charge >= 0.3 is 0 Å². The number of aromatic nitrogens is 3. The van der Waals surface area contributed by atoms with Gasteiger partial charge in [-0.1, -0.05) is 0 Å². The van der Waals surface area contributed by atoms with Crippen LogP contribution in [-0.2, 0) is 6.54 Å². The van der Waals surface area contributed by atoms with Crippen molar-refractivity contribution < 1.29 is 10.2 Å². The SMILES string of the molecule is Oc1cc(O)nc(Cn2cccc2)n1. The van der Waals surface area contributed by atoms with Crippen molar-refractivity contribution >= 4 is 0 Å². The Morgan fingerprint density at radius 1 is 1.07 bits per heavy atom. The summed E-state index contributed by atoms with van der Waals surface area (Å²) in [6.45, 7) is 0.426. The lowest BCUT2D eigenvalue weighted by Gasteiger charge is -2.02. The predicted molar refractivity (Wildman–Crippen MR) is 48.9 cm³/mol. The molecule has 0 fully saturated rings. The molecule has 0 saturated carbocycles. The van der Waals surface area contributed by atoms with Crippen LogP contribution in [0.1, 0.15) is 5.82 Å². The smallest absolute Gasteiger partial charge is 0.218 e. The summed E-state index contributed by atoms with van der Waals surface area (Å²) in [4.78, 5) is 7.54. The zero-order valence-electron chi connectivity index (χ0n) is 7.33. The van der Waals surface area contributed by atoms with Gasteiger partial charge in [0.25, 0.3) is 0 Å². The summed E-state index contributed by atoms with van der Waals surface area (Å²) >= 11 is 0. The summed E-state index contributed by atoms with van der Waals surface area (Å²) in [6, 6.07) is 4.85. The molecule has 14 heavy (non-hydrogen) atoms. The first-order valence-corrected chi connectivity index (χ1v) is 4.11. The lowest BCUT2D eigenvalue weighted by molar-refractivity contribution is 0.415. The summed E-state index contributed by atoms with van der Waals surface area (Å²) in [6.07, 6.45) is 3.70. The Balaban J connectivity index is 2.25. The van der Waals surface area contributed by atoms with E-state index in [1.54, 1.807) is 0 Å². The third kappa shape index (κ3) is 1.82. The van der Waals surface area contributed by atoms with E-state index in [1.807, 2.05) is 29.1 Å². The lowest BCUT2D eigenvalue weighted by atomic mass is 10.5. The molecule has 0 saturated heterocycles. The van der Waals surface area contributed by atoms with E-state index >= 15 is 0 Å². The van der Waals surface area contributed by atoms with Crippen LogP contribution in [0.15, 0.2) is 30.6 Å². The highest BCUT2D eigenvalue weighted by Gasteiger charge is 2.02. The van der Waals surface area contributed by atoms with Crippen molar-refractivity contribution in [3.05, 3.63) is 36.4 Å². The van der Waals surface area contributed by atoms with Gasteiger partial charge in [0.15, 0.2) is 5.82 Å². The van der Waals surface area contributed by atoms with Gasteiger partial charge in [0.05, 0.1) is 12.6 Å². The Hall–Kier alpha value is -2.04. The van der Waals surface area contributed by atoms with Gasteiger partial charge in [-0.3, -0.25) is 0 Å². The third-order valence-electron chi connectivity index (χ3n) is 1.74. The van der Waals surface area contributed by atoms with E-state index < -0.39 is 0 Å². The highest BCUT2D eigenvalue weighted by Crippen LogP contribution is 2.12. The Kier molecular flexibility index (Phi) is 2.06. The van der Waals surface area contributed by atoms with Gasteiger partial charge in [-0.05, 0) is 12.1 Å². The van der Waals surface area contributed by atoms with E-state index in [9.17, 15) is 0 Å². The lowest BCUT2D eigenvalue weighted by Crippen LogP contribution is -2.01. The fourth-order valence-electron chi connectivity index (χ4n) is 1.18. The number of rotatable bonds is 2. The van der Waals surface area contributed by atoms with Crippen LogP contribution < -0.4 is 0 Å². The maximum absolute atomic E-state index is 9.10. The van der Waals surface area contributed by atoms with Crippen LogP contribution in [0.4, 0.5) is 0 Å². The molecule has 2 heterocycles. The van der Waals surface area contributed by atoms with E-state index in [2.05, 4.69) is 9.97 Å². The van der Waals surface area contributed by atoms with Crippen molar-refractivity contribution in [2.24, 2.45) is 0 Å². The fraction of sp³-hybridized carbons (Fsp3) is 0.111. The largest absolute Gasteiger partial charge is 0.493 e. The van der Waals surface area contributed by atoms with Crippen LogP contribution >= 0.6 is 0 Å². The van der Waals surface area contributed by atoms with Gasteiger partial charge in [-0.25, -0.2) is 0 Å². The zero-order chi connectivity index (χ0) is 9.97. The van der Waals surface area contributed by atoms with Crippen LogP contribution in [0.25, 0.3) is 0 Å². The molecule has 0 aliphatic rings. The van der Waals surface area contributed by atoms with Crippen LogP contribution in [0.5, 0.6) is 11.8 Å². The maximum Gasteiger partial charge on any atom is 0.218 e. The maximum atomic E-state index is 9.10. The summed E-state index contributed by atoms with van der Waals surface area (Å²) < 4.78 is 1.84. The molecule has 0 spiro atoms. The van der Waals surface area contributed by atoms with Gasteiger partial charge < -0.3 is 14.8 Å². The molecule has 0 unspecified atom stereocenters. The zero-order valence-corrected chi connectivity index (χ0v) is 7.33. The Morgan fingerprint density at radius 2 is 1.64 bits per heavy atom. The minimum Gasteiger partial charge on any atom is -0.493 e. The minimum absolute atomic E-state index is 0.223. The normalized spacial score (nSPS) is 10.3. The first kappa shape index (κ1) is 8.55. The summed E-state index contributed by atoms with van der Waals surface area (Å²) in [5, 5.41) is 18.2. The molecule has 5 heteroatoms. The second kappa shape index (κ2) is 3.37. The minimum atomic E-state index is -0.223. The molecule has 0 aliphatic heterocycles. The number of aromatic hydroxyl groups is 2. The molecular formula is C9H9N3O2. The molecule has 0 aliphatic carbocycles. The topological polar surface area (TPSA) is 71.2 Å². The molecule has 2 aromatic rings. The summed E-state index contributed by atoms with van der Waals surface area (Å²) in [5.74, 6) is -0.0713. The number of hydrogen-bond acceptors (Lipinski definition) is 4. The van der Waals surface area contributed by atoms with Crippen molar-refractivity contribution in [2.75, 3.05) is 0 Å².